The van der Waals surface area contributed by atoms with E-state index in [0.29, 0.717) is 13.2 Å². The first-order chi connectivity index (χ1) is 13.2. The van der Waals surface area contributed by atoms with Crippen LogP contribution in [0.25, 0.3) is 6.08 Å². The Morgan fingerprint density at radius 1 is 0.926 bits per heavy atom. The largest absolute Gasteiger partial charge is 0.489 e. The Morgan fingerprint density at radius 3 is 2.48 bits per heavy atom. The number of hydrogen-bond donors (Lipinski definition) is 1. The molecule has 0 saturated carbocycles. The number of rotatable bonds is 7. The second-order valence-corrected chi connectivity index (χ2v) is 6.02. The van der Waals surface area contributed by atoms with Gasteiger partial charge in [0.15, 0.2) is 0 Å². The van der Waals surface area contributed by atoms with Crippen molar-refractivity contribution < 1.29 is 13.9 Å². The number of benzene rings is 3. The van der Waals surface area contributed by atoms with Crippen molar-refractivity contribution in [1.82, 2.24) is 5.32 Å². The van der Waals surface area contributed by atoms with Crippen LogP contribution in [0.3, 0.4) is 0 Å². The molecule has 0 atom stereocenters. The summed E-state index contributed by atoms with van der Waals surface area (Å²) in [5.41, 5.74) is 2.81. The monoisotopic (exact) mass is 361 g/mol. The average molecular weight is 361 g/mol. The number of ether oxygens (including phenoxy) is 1. The molecular weight excluding hydrogens is 341 g/mol. The van der Waals surface area contributed by atoms with Crippen molar-refractivity contribution in [1.29, 1.82) is 0 Å². The number of carbonyl (C=O) groups is 1. The van der Waals surface area contributed by atoms with Crippen LogP contribution in [0.1, 0.15) is 16.7 Å². The van der Waals surface area contributed by atoms with E-state index in [1.807, 2.05) is 54.6 Å². The van der Waals surface area contributed by atoms with Gasteiger partial charge >= 0.3 is 0 Å². The van der Waals surface area contributed by atoms with Crippen molar-refractivity contribution in [3.63, 3.8) is 0 Å². The smallest absolute Gasteiger partial charge is 0.244 e. The van der Waals surface area contributed by atoms with E-state index in [1.54, 1.807) is 18.2 Å². The summed E-state index contributed by atoms with van der Waals surface area (Å²) < 4.78 is 18.7. The van der Waals surface area contributed by atoms with Crippen molar-refractivity contribution >= 4 is 12.0 Å². The van der Waals surface area contributed by atoms with Gasteiger partial charge in [-0.2, -0.15) is 0 Å². The van der Waals surface area contributed by atoms with E-state index < -0.39 is 0 Å². The van der Waals surface area contributed by atoms with Crippen LogP contribution in [0.5, 0.6) is 5.75 Å². The van der Waals surface area contributed by atoms with Crippen molar-refractivity contribution in [2.24, 2.45) is 0 Å². The summed E-state index contributed by atoms with van der Waals surface area (Å²) in [6.45, 7) is 0.843. The van der Waals surface area contributed by atoms with Crippen LogP contribution in [0.2, 0.25) is 0 Å². The minimum absolute atomic E-state index is 0.213. The molecule has 0 heterocycles. The van der Waals surface area contributed by atoms with Gasteiger partial charge in [-0.05, 0) is 47.0 Å². The fraction of sp³-hybridized carbons (Fsp3) is 0.0870. The molecule has 1 N–H and O–H groups in total. The summed E-state index contributed by atoms with van der Waals surface area (Å²) in [6, 6.07) is 23.5. The topological polar surface area (TPSA) is 38.3 Å². The van der Waals surface area contributed by atoms with E-state index in [9.17, 15) is 9.18 Å². The molecule has 136 valence electrons. The number of nitrogens with one attached hydrogen (secondary N) is 1. The minimum atomic E-state index is -0.292. The van der Waals surface area contributed by atoms with Crippen LogP contribution < -0.4 is 10.1 Å². The van der Waals surface area contributed by atoms with Gasteiger partial charge in [0.25, 0.3) is 0 Å². The average Bonchev–Trinajstić information content (AvgIpc) is 2.71. The Kier molecular flexibility index (Phi) is 6.36. The molecule has 0 unspecified atom stereocenters. The molecule has 3 aromatic carbocycles. The van der Waals surface area contributed by atoms with E-state index in [1.165, 1.54) is 18.2 Å². The van der Waals surface area contributed by atoms with Crippen molar-refractivity contribution in [3.8, 4) is 5.75 Å². The second-order valence-electron chi connectivity index (χ2n) is 6.02. The van der Waals surface area contributed by atoms with Crippen LogP contribution >= 0.6 is 0 Å². The highest BCUT2D eigenvalue weighted by molar-refractivity contribution is 5.91. The van der Waals surface area contributed by atoms with Crippen LogP contribution in [0, 0.1) is 5.82 Å². The van der Waals surface area contributed by atoms with Gasteiger partial charge in [0.2, 0.25) is 5.91 Å². The standard InChI is InChI=1S/C23H20FNO2/c24-21-12-9-19(10-13-21)16-25-23(26)14-11-18-7-4-8-22(15-18)27-17-20-5-2-1-3-6-20/h1-15H,16-17H2,(H,25,26)/b14-11+. The lowest BCUT2D eigenvalue weighted by Gasteiger charge is -2.07. The van der Waals surface area contributed by atoms with E-state index in [4.69, 9.17) is 4.74 Å². The van der Waals surface area contributed by atoms with Crippen molar-refractivity contribution in [2.45, 2.75) is 13.2 Å². The van der Waals surface area contributed by atoms with E-state index >= 15 is 0 Å². The molecule has 0 aliphatic carbocycles. The zero-order chi connectivity index (χ0) is 18.9. The predicted octanol–water partition coefficient (Wildman–Crippen LogP) is 4.73. The third-order valence-electron chi connectivity index (χ3n) is 3.91. The first-order valence-electron chi connectivity index (χ1n) is 8.66. The van der Waals surface area contributed by atoms with Crippen LogP contribution in [0.15, 0.2) is 84.9 Å². The van der Waals surface area contributed by atoms with Gasteiger partial charge in [-0.15, -0.1) is 0 Å². The first-order valence-corrected chi connectivity index (χ1v) is 8.66. The number of carbonyl (C=O) groups excluding carboxylic acids is 1. The molecular formula is C23H20FNO2. The highest BCUT2D eigenvalue weighted by Crippen LogP contribution is 2.16. The molecule has 3 nitrogen and oxygen atoms in total. The summed E-state index contributed by atoms with van der Waals surface area (Å²) in [4.78, 5) is 11.9. The molecule has 27 heavy (non-hydrogen) atoms. The molecule has 1 amide bonds. The van der Waals surface area contributed by atoms with E-state index in [2.05, 4.69) is 5.32 Å². The quantitative estimate of drug-likeness (QED) is 0.618. The molecule has 4 heteroatoms. The summed E-state index contributed by atoms with van der Waals surface area (Å²) in [7, 11) is 0. The molecule has 0 aliphatic rings. The lowest BCUT2D eigenvalue weighted by atomic mass is 10.2. The van der Waals surface area contributed by atoms with Crippen molar-refractivity contribution in [3.05, 3.63) is 107 Å². The van der Waals surface area contributed by atoms with Gasteiger partial charge in [0.05, 0.1) is 0 Å². The fourth-order valence-corrected chi connectivity index (χ4v) is 2.47. The Bertz CT molecular complexity index is 905. The van der Waals surface area contributed by atoms with Gasteiger partial charge < -0.3 is 10.1 Å². The van der Waals surface area contributed by atoms with E-state index in [-0.39, 0.29) is 11.7 Å². The highest BCUT2D eigenvalue weighted by Gasteiger charge is 1.99. The van der Waals surface area contributed by atoms with Crippen molar-refractivity contribution in [2.75, 3.05) is 0 Å². The van der Waals surface area contributed by atoms with Gasteiger partial charge in [0, 0.05) is 12.6 Å². The van der Waals surface area contributed by atoms with Crippen LogP contribution in [-0.4, -0.2) is 5.91 Å². The van der Waals surface area contributed by atoms with Gasteiger partial charge in [-0.1, -0.05) is 54.6 Å². The maximum absolute atomic E-state index is 12.9. The fourth-order valence-electron chi connectivity index (χ4n) is 2.47. The maximum Gasteiger partial charge on any atom is 0.244 e. The molecule has 0 aliphatic heterocycles. The summed E-state index contributed by atoms with van der Waals surface area (Å²) >= 11 is 0. The normalized spacial score (nSPS) is 10.7. The molecule has 0 radical (unpaired) electrons. The zero-order valence-corrected chi connectivity index (χ0v) is 14.8. The molecule has 0 bridgehead atoms. The molecule has 3 rings (SSSR count). The molecule has 0 fully saturated rings. The summed E-state index contributed by atoms with van der Waals surface area (Å²) in [5, 5.41) is 2.77. The summed E-state index contributed by atoms with van der Waals surface area (Å²) in [5.74, 6) is 0.238. The summed E-state index contributed by atoms with van der Waals surface area (Å²) in [6.07, 6.45) is 3.20. The lowest BCUT2D eigenvalue weighted by Crippen LogP contribution is -2.20. The molecule has 0 saturated heterocycles. The SMILES string of the molecule is O=C(/C=C/c1cccc(OCc2ccccc2)c1)NCc1ccc(F)cc1. The Labute approximate surface area is 158 Å². The minimum Gasteiger partial charge on any atom is -0.489 e. The molecule has 3 aromatic rings. The Morgan fingerprint density at radius 2 is 1.70 bits per heavy atom. The Balaban J connectivity index is 1.51. The molecule has 0 aromatic heterocycles. The zero-order valence-electron chi connectivity index (χ0n) is 14.8. The highest BCUT2D eigenvalue weighted by atomic mass is 19.1. The number of hydrogen-bond acceptors (Lipinski definition) is 2. The van der Waals surface area contributed by atoms with Gasteiger partial charge in [0.1, 0.15) is 18.2 Å². The number of halogens is 1. The van der Waals surface area contributed by atoms with E-state index in [0.717, 1.165) is 22.4 Å². The van der Waals surface area contributed by atoms with Crippen LogP contribution in [-0.2, 0) is 17.9 Å². The lowest BCUT2D eigenvalue weighted by molar-refractivity contribution is -0.116. The third-order valence-corrected chi connectivity index (χ3v) is 3.91. The van der Waals surface area contributed by atoms with Crippen LogP contribution in [0.4, 0.5) is 4.39 Å². The third kappa shape index (κ3) is 6.12. The maximum atomic E-state index is 12.9. The Hall–Kier alpha value is -3.40. The number of amides is 1. The van der Waals surface area contributed by atoms with Gasteiger partial charge in [-0.3, -0.25) is 4.79 Å². The first kappa shape index (κ1) is 18.4. The predicted molar refractivity (Wildman–Crippen MR) is 104 cm³/mol. The molecule has 0 spiro atoms. The van der Waals surface area contributed by atoms with Gasteiger partial charge in [-0.25, -0.2) is 4.39 Å². The second kappa shape index (κ2) is 9.34.